The first-order valence-corrected chi connectivity index (χ1v) is 7.05. The maximum atomic E-state index is 14.0. The van der Waals surface area contributed by atoms with Crippen LogP contribution in [0.1, 0.15) is 15.9 Å². The minimum Gasteiger partial charge on any atom is -0.455 e. The lowest BCUT2D eigenvalue weighted by Crippen LogP contribution is -2.23. The molecule has 2 heterocycles. The van der Waals surface area contributed by atoms with Crippen LogP contribution in [0.15, 0.2) is 46.9 Å². The lowest BCUT2D eigenvalue weighted by molar-refractivity contribution is -0.139. The highest BCUT2D eigenvalue weighted by atomic mass is 19.3. The molecule has 5 nitrogen and oxygen atoms in total. The van der Waals surface area contributed by atoms with E-state index in [4.69, 9.17) is 10.2 Å². The summed E-state index contributed by atoms with van der Waals surface area (Å²) in [6.07, 6.45) is 0. The fraction of sp³-hybridized carbons (Fsp3) is 0.0588. The molecular formula is C17H10F2N2O3. The highest BCUT2D eigenvalue weighted by Gasteiger charge is 2.48. The van der Waals surface area contributed by atoms with Gasteiger partial charge in [-0.2, -0.15) is 8.78 Å². The topological polar surface area (TPSA) is 85.3 Å². The number of carbonyl (C=O) groups is 2. The van der Waals surface area contributed by atoms with Crippen LogP contribution in [0.4, 0.5) is 14.5 Å². The van der Waals surface area contributed by atoms with E-state index >= 15 is 0 Å². The molecular weight excluding hydrogens is 318 g/mol. The van der Waals surface area contributed by atoms with Gasteiger partial charge in [0.25, 0.3) is 11.8 Å². The van der Waals surface area contributed by atoms with Gasteiger partial charge >= 0.3 is 5.92 Å². The SMILES string of the molecule is NC(=O)c1c(-c2ccc3c(c2)C(F)(F)C(=O)N3)oc2ccccc12. The lowest BCUT2D eigenvalue weighted by atomic mass is 10.0. The van der Waals surface area contributed by atoms with Crippen LogP contribution in [-0.2, 0) is 10.7 Å². The number of rotatable bonds is 2. The largest absolute Gasteiger partial charge is 0.455 e. The number of halogens is 2. The van der Waals surface area contributed by atoms with Gasteiger partial charge in [-0.25, -0.2) is 0 Å². The van der Waals surface area contributed by atoms with E-state index in [9.17, 15) is 18.4 Å². The van der Waals surface area contributed by atoms with Crippen molar-refractivity contribution in [1.29, 1.82) is 0 Å². The van der Waals surface area contributed by atoms with Crippen molar-refractivity contribution in [3.8, 4) is 11.3 Å². The van der Waals surface area contributed by atoms with Gasteiger partial charge in [0.15, 0.2) is 0 Å². The van der Waals surface area contributed by atoms with Crippen molar-refractivity contribution in [3.63, 3.8) is 0 Å². The van der Waals surface area contributed by atoms with Crippen LogP contribution < -0.4 is 11.1 Å². The molecule has 0 unspecified atom stereocenters. The fourth-order valence-electron chi connectivity index (χ4n) is 2.87. The molecule has 4 rings (SSSR count). The van der Waals surface area contributed by atoms with Gasteiger partial charge in [0.1, 0.15) is 11.3 Å². The zero-order valence-corrected chi connectivity index (χ0v) is 12.1. The molecule has 0 bridgehead atoms. The van der Waals surface area contributed by atoms with Gasteiger partial charge in [-0.15, -0.1) is 0 Å². The number of benzene rings is 2. The summed E-state index contributed by atoms with van der Waals surface area (Å²) in [6.45, 7) is 0. The molecule has 1 aromatic heterocycles. The fourth-order valence-corrected chi connectivity index (χ4v) is 2.87. The Kier molecular flexibility index (Phi) is 2.78. The van der Waals surface area contributed by atoms with E-state index in [1.54, 1.807) is 24.3 Å². The van der Waals surface area contributed by atoms with E-state index in [0.717, 1.165) is 6.07 Å². The van der Waals surface area contributed by atoms with Gasteiger partial charge < -0.3 is 15.5 Å². The van der Waals surface area contributed by atoms with E-state index < -0.39 is 23.3 Å². The third-order valence-corrected chi connectivity index (χ3v) is 4.00. The zero-order chi connectivity index (χ0) is 17.1. The summed E-state index contributed by atoms with van der Waals surface area (Å²) >= 11 is 0. The average Bonchev–Trinajstić information content (AvgIpc) is 3.03. The molecule has 1 aliphatic rings. The molecule has 0 atom stereocenters. The van der Waals surface area contributed by atoms with Gasteiger partial charge in [0.05, 0.1) is 16.8 Å². The second-order valence-electron chi connectivity index (χ2n) is 5.46. The monoisotopic (exact) mass is 328 g/mol. The summed E-state index contributed by atoms with van der Waals surface area (Å²) in [5.41, 5.74) is 5.79. The molecule has 1 aliphatic heterocycles. The molecule has 120 valence electrons. The van der Waals surface area contributed by atoms with Crippen LogP contribution in [0.5, 0.6) is 0 Å². The summed E-state index contributed by atoms with van der Waals surface area (Å²) in [6, 6.07) is 10.7. The molecule has 3 aromatic rings. The normalized spacial score (nSPS) is 15.3. The Balaban J connectivity index is 1.97. The molecule has 0 spiro atoms. The quantitative estimate of drug-likeness (QED) is 0.757. The van der Waals surface area contributed by atoms with Crippen molar-refractivity contribution in [2.24, 2.45) is 5.73 Å². The molecule has 0 radical (unpaired) electrons. The maximum Gasteiger partial charge on any atom is 0.352 e. The summed E-state index contributed by atoms with van der Waals surface area (Å²) in [5, 5.41) is 2.62. The second kappa shape index (κ2) is 4.64. The van der Waals surface area contributed by atoms with Crippen molar-refractivity contribution in [2.45, 2.75) is 5.92 Å². The summed E-state index contributed by atoms with van der Waals surface area (Å²) in [4.78, 5) is 23.2. The molecule has 0 saturated heterocycles. The average molecular weight is 328 g/mol. The van der Waals surface area contributed by atoms with Crippen LogP contribution in [0.25, 0.3) is 22.3 Å². The van der Waals surface area contributed by atoms with Crippen molar-refractivity contribution < 1.29 is 22.8 Å². The summed E-state index contributed by atoms with van der Waals surface area (Å²) in [7, 11) is 0. The number of primary amides is 1. The highest BCUT2D eigenvalue weighted by molar-refractivity contribution is 6.11. The number of hydrogen-bond acceptors (Lipinski definition) is 3. The van der Waals surface area contributed by atoms with Gasteiger partial charge in [0, 0.05) is 10.9 Å². The van der Waals surface area contributed by atoms with E-state index in [2.05, 4.69) is 5.32 Å². The van der Waals surface area contributed by atoms with Gasteiger partial charge in [-0.3, -0.25) is 9.59 Å². The Morgan fingerprint density at radius 2 is 1.92 bits per heavy atom. The zero-order valence-electron chi connectivity index (χ0n) is 12.1. The van der Waals surface area contributed by atoms with E-state index in [-0.39, 0.29) is 22.6 Å². The first-order valence-electron chi connectivity index (χ1n) is 7.05. The van der Waals surface area contributed by atoms with Crippen LogP contribution in [-0.4, -0.2) is 11.8 Å². The van der Waals surface area contributed by atoms with Crippen LogP contribution in [0.3, 0.4) is 0 Å². The Bertz CT molecular complexity index is 1020. The first kappa shape index (κ1) is 14.4. The first-order chi connectivity index (χ1) is 11.4. The smallest absolute Gasteiger partial charge is 0.352 e. The molecule has 2 aromatic carbocycles. The molecule has 2 amide bonds. The van der Waals surface area contributed by atoms with Crippen LogP contribution >= 0.6 is 0 Å². The minimum atomic E-state index is -3.63. The number of para-hydroxylation sites is 1. The van der Waals surface area contributed by atoms with E-state index in [0.29, 0.717) is 11.0 Å². The van der Waals surface area contributed by atoms with Gasteiger partial charge in [-0.1, -0.05) is 18.2 Å². The van der Waals surface area contributed by atoms with Gasteiger partial charge in [0.2, 0.25) is 0 Å². The lowest BCUT2D eigenvalue weighted by Gasteiger charge is -2.08. The number of hydrogen-bond donors (Lipinski definition) is 2. The van der Waals surface area contributed by atoms with E-state index in [1.807, 2.05) is 0 Å². The number of carbonyl (C=O) groups excluding carboxylic acids is 2. The Morgan fingerprint density at radius 1 is 1.17 bits per heavy atom. The number of nitrogens with two attached hydrogens (primary N) is 1. The number of alkyl halides is 2. The van der Waals surface area contributed by atoms with Gasteiger partial charge in [-0.05, 0) is 24.3 Å². The van der Waals surface area contributed by atoms with Crippen molar-refractivity contribution in [1.82, 2.24) is 0 Å². The number of anilines is 1. The molecule has 0 aliphatic carbocycles. The van der Waals surface area contributed by atoms with Crippen LogP contribution in [0, 0.1) is 0 Å². The predicted octanol–water partition coefficient (Wildman–Crippen LogP) is 3.24. The van der Waals surface area contributed by atoms with Crippen LogP contribution in [0.2, 0.25) is 0 Å². The van der Waals surface area contributed by atoms with Crippen molar-refractivity contribution in [2.75, 3.05) is 5.32 Å². The number of fused-ring (bicyclic) bond motifs is 2. The van der Waals surface area contributed by atoms with Crippen molar-refractivity contribution >= 4 is 28.5 Å². The number of furan rings is 1. The summed E-state index contributed by atoms with van der Waals surface area (Å²) < 4.78 is 33.6. The third kappa shape index (κ3) is 1.84. The standard InChI is InChI=1S/C17H10F2N2O3/c18-17(19)10-7-8(5-6-11(10)21-16(17)23)14-13(15(20)22)9-3-1-2-4-12(9)24-14/h1-7H,(H2,20,22)(H,21,23). The Labute approximate surface area is 134 Å². The second-order valence-corrected chi connectivity index (χ2v) is 5.46. The molecule has 0 saturated carbocycles. The number of amides is 2. The molecule has 7 heteroatoms. The number of nitrogens with one attached hydrogen (secondary N) is 1. The predicted molar refractivity (Wildman–Crippen MR) is 82.7 cm³/mol. The Hall–Kier alpha value is -3.22. The summed E-state index contributed by atoms with van der Waals surface area (Å²) in [5.74, 6) is -5.64. The maximum absolute atomic E-state index is 14.0. The van der Waals surface area contributed by atoms with Crippen molar-refractivity contribution in [3.05, 3.63) is 53.6 Å². The Morgan fingerprint density at radius 3 is 2.67 bits per heavy atom. The molecule has 24 heavy (non-hydrogen) atoms. The highest BCUT2D eigenvalue weighted by Crippen LogP contribution is 2.43. The molecule has 3 N–H and O–H groups in total. The minimum absolute atomic E-state index is 0.0329. The van der Waals surface area contributed by atoms with E-state index in [1.165, 1.54) is 12.1 Å². The molecule has 0 fully saturated rings. The third-order valence-electron chi connectivity index (χ3n) is 4.00.